The number of nitrogens with one attached hydrogen (secondary N) is 2. The Hall–Kier alpha value is -2.78. The summed E-state index contributed by atoms with van der Waals surface area (Å²) in [5.41, 5.74) is 1.88. The molecule has 0 saturated heterocycles. The normalized spacial score (nSPS) is 11.8. The molecule has 0 atom stereocenters. The van der Waals surface area contributed by atoms with Crippen molar-refractivity contribution in [2.75, 3.05) is 26.3 Å². The zero-order chi connectivity index (χ0) is 22.7. The molecule has 8 nitrogen and oxygen atoms in total. The number of guanidine groups is 1. The summed E-state index contributed by atoms with van der Waals surface area (Å²) in [6, 6.07) is 12.4. The summed E-state index contributed by atoms with van der Waals surface area (Å²) in [6.07, 6.45) is 0.776. The minimum absolute atomic E-state index is 0.0822. The number of hydrogen-bond acceptors (Lipinski definition) is 5. The van der Waals surface area contributed by atoms with Crippen molar-refractivity contribution in [1.82, 2.24) is 10.6 Å². The van der Waals surface area contributed by atoms with Crippen LogP contribution in [0, 0.1) is 0 Å². The van der Waals surface area contributed by atoms with Crippen molar-refractivity contribution in [1.29, 1.82) is 0 Å². The SMILES string of the molecule is CCNC(=NCc1cccc(S(N)(=O)=O)c1)NCCc1ccc(OCC)c(OCC)c1. The smallest absolute Gasteiger partial charge is 0.238 e. The fraction of sp³-hybridized carbons (Fsp3) is 0.409. The predicted octanol–water partition coefficient (Wildman–Crippen LogP) is 2.43. The molecule has 0 saturated carbocycles. The molecule has 9 heteroatoms. The summed E-state index contributed by atoms with van der Waals surface area (Å²) < 4.78 is 34.3. The zero-order valence-corrected chi connectivity index (χ0v) is 19.2. The number of ether oxygens (including phenoxy) is 2. The van der Waals surface area contributed by atoms with Crippen molar-refractivity contribution < 1.29 is 17.9 Å². The minimum Gasteiger partial charge on any atom is -0.490 e. The third-order valence-electron chi connectivity index (χ3n) is 4.30. The topological polar surface area (TPSA) is 115 Å². The Bertz CT molecular complexity index is 977. The average molecular weight is 449 g/mol. The maximum Gasteiger partial charge on any atom is 0.238 e. The van der Waals surface area contributed by atoms with Gasteiger partial charge in [0.15, 0.2) is 17.5 Å². The maximum atomic E-state index is 11.5. The van der Waals surface area contributed by atoms with Gasteiger partial charge in [0, 0.05) is 13.1 Å². The Balaban J connectivity index is 2.00. The number of primary sulfonamides is 1. The van der Waals surface area contributed by atoms with Crippen LogP contribution >= 0.6 is 0 Å². The van der Waals surface area contributed by atoms with Gasteiger partial charge in [-0.25, -0.2) is 18.5 Å². The average Bonchev–Trinajstić information content (AvgIpc) is 2.74. The van der Waals surface area contributed by atoms with Crippen molar-refractivity contribution in [3.8, 4) is 11.5 Å². The highest BCUT2D eigenvalue weighted by atomic mass is 32.2. The number of nitrogens with two attached hydrogens (primary N) is 1. The largest absolute Gasteiger partial charge is 0.490 e. The Labute approximate surface area is 184 Å². The van der Waals surface area contributed by atoms with Gasteiger partial charge in [0.25, 0.3) is 0 Å². The van der Waals surface area contributed by atoms with Crippen LogP contribution in [0.4, 0.5) is 0 Å². The third kappa shape index (κ3) is 8.10. The van der Waals surface area contributed by atoms with E-state index in [0.717, 1.165) is 29.0 Å². The highest BCUT2D eigenvalue weighted by Crippen LogP contribution is 2.28. The van der Waals surface area contributed by atoms with Crippen molar-refractivity contribution >= 4 is 16.0 Å². The minimum atomic E-state index is -3.73. The molecule has 0 spiro atoms. The standard InChI is InChI=1S/C22H32N4O4S/c1-4-24-22(26-16-18-8-7-9-19(14-18)31(23,27)28)25-13-12-17-10-11-20(29-5-2)21(15-17)30-6-3/h7-11,14-15H,4-6,12-13,16H2,1-3H3,(H2,23,27,28)(H2,24,25,26). The van der Waals surface area contributed by atoms with Crippen LogP contribution in [0.5, 0.6) is 11.5 Å². The van der Waals surface area contributed by atoms with Crippen LogP contribution in [-0.4, -0.2) is 40.7 Å². The first-order valence-electron chi connectivity index (χ1n) is 10.4. The quantitative estimate of drug-likeness (QED) is 0.359. The van der Waals surface area contributed by atoms with Gasteiger partial charge in [0.2, 0.25) is 10.0 Å². The third-order valence-corrected chi connectivity index (χ3v) is 5.22. The molecule has 0 heterocycles. The van der Waals surface area contributed by atoms with Crippen LogP contribution in [0.15, 0.2) is 52.4 Å². The molecule has 0 aliphatic carbocycles. The van der Waals surface area contributed by atoms with E-state index in [1.807, 2.05) is 45.0 Å². The highest BCUT2D eigenvalue weighted by molar-refractivity contribution is 7.89. The summed E-state index contributed by atoms with van der Waals surface area (Å²) in [4.78, 5) is 4.62. The molecule has 2 aromatic carbocycles. The Morgan fingerprint density at radius 1 is 0.968 bits per heavy atom. The Morgan fingerprint density at radius 2 is 1.71 bits per heavy atom. The number of rotatable bonds is 11. The van der Waals surface area contributed by atoms with Crippen molar-refractivity contribution in [3.05, 3.63) is 53.6 Å². The van der Waals surface area contributed by atoms with Crippen LogP contribution in [0.25, 0.3) is 0 Å². The summed E-state index contributed by atoms with van der Waals surface area (Å²) in [6.45, 7) is 8.75. The molecular weight excluding hydrogens is 416 g/mol. The molecule has 31 heavy (non-hydrogen) atoms. The lowest BCUT2D eigenvalue weighted by molar-refractivity contribution is 0.287. The van der Waals surface area contributed by atoms with Crippen LogP contribution in [0.2, 0.25) is 0 Å². The molecule has 0 aliphatic rings. The lowest BCUT2D eigenvalue weighted by Gasteiger charge is -2.14. The van der Waals surface area contributed by atoms with Gasteiger partial charge in [-0.1, -0.05) is 18.2 Å². The van der Waals surface area contributed by atoms with E-state index in [0.29, 0.717) is 38.8 Å². The van der Waals surface area contributed by atoms with E-state index < -0.39 is 10.0 Å². The fourth-order valence-corrected chi connectivity index (χ4v) is 3.49. The molecule has 2 rings (SSSR count). The molecule has 4 N–H and O–H groups in total. The molecule has 170 valence electrons. The highest BCUT2D eigenvalue weighted by Gasteiger charge is 2.08. The van der Waals surface area contributed by atoms with E-state index in [-0.39, 0.29) is 4.90 Å². The molecule has 0 aliphatic heterocycles. The molecule has 0 fully saturated rings. The Morgan fingerprint density at radius 3 is 2.39 bits per heavy atom. The van der Waals surface area contributed by atoms with Gasteiger partial charge < -0.3 is 20.1 Å². The van der Waals surface area contributed by atoms with E-state index in [1.54, 1.807) is 6.07 Å². The lowest BCUT2D eigenvalue weighted by Crippen LogP contribution is -2.38. The first kappa shape index (κ1) is 24.5. The molecule has 0 bridgehead atoms. The second-order valence-corrected chi connectivity index (χ2v) is 8.27. The molecular formula is C22H32N4O4S. The molecule has 0 amide bonds. The van der Waals surface area contributed by atoms with Gasteiger partial charge in [-0.2, -0.15) is 0 Å². The van der Waals surface area contributed by atoms with E-state index >= 15 is 0 Å². The molecule has 0 aromatic heterocycles. The number of sulfonamides is 1. The fourth-order valence-electron chi connectivity index (χ4n) is 2.91. The van der Waals surface area contributed by atoms with Crippen LogP contribution in [0.3, 0.4) is 0 Å². The maximum absolute atomic E-state index is 11.5. The molecule has 0 radical (unpaired) electrons. The van der Waals surface area contributed by atoms with E-state index in [4.69, 9.17) is 14.6 Å². The first-order valence-corrected chi connectivity index (χ1v) is 11.9. The van der Waals surface area contributed by atoms with Crippen LogP contribution in [-0.2, 0) is 23.0 Å². The lowest BCUT2D eigenvalue weighted by atomic mass is 10.1. The second-order valence-electron chi connectivity index (χ2n) is 6.71. The zero-order valence-electron chi connectivity index (χ0n) is 18.3. The monoisotopic (exact) mass is 448 g/mol. The first-order chi connectivity index (χ1) is 14.9. The van der Waals surface area contributed by atoms with E-state index in [2.05, 4.69) is 15.6 Å². The van der Waals surface area contributed by atoms with Crippen molar-refractivity contribution in [2.45, 2.75) is 38.6 Å². The molecule has 2 aromatic rings. The van der Waals surface area contributed by atoms with E-state index in [9.17, 15) is 8.42 Å². The number of benzene rings is 2. The van der Waals surface area contributed by atoms with Gasteiger partial charge in [0.1, 0.15) is 0 Å². The summed E-state index contributed by atoms with van der Waals surface area (Å²) in [5, 5.41) is 11.7. The van der Waals surface area contributed by atoms with Crippen LogP contribution < -0.4 is 25.2 Å². The van der Waals surface area contributed by atoms with Crippen molar-refractivity contribution in [2.24, 2.45) is 10.1 Å². The van der Waals surface area contributed by atoms with Gasteiger partial charge in [-0.05, 0) is 62.6 Å². The number of nitrogens with zero attached hydrogens (tertiary/aromatic N) is 1. The van der Waals surface area contributed by atoms with Crippen molar-refractivity contribution in [3.63, 3.8) is 0 Å². The summed E-state index contributed by atoms with van der Waals surface area (Å²) in [5.74, 6) is 2.15. The predicted molar refractivity (Wildman–Crippen MR) is 123 cm³/mol. The number of hydrogen-bond donors (Lipinski definition) is 3. The second kappa shape index (κ2) is 12.2. The van der Waals surface area contributed by atoms with Gasteiger partial charge in [-0.3, -0.25) is 0 Å². The van der Waals surface area contributed by atoms with E-state index in [1.165, 1.54) is 12.1 Å². The van der Waals surface area contributed by atoms with Gasteiger partial charge in [0.05, 0.1) is 24.7 Å². The Kier molecular flexibility index (Phi) is 9.61. The number of aliphatic imine (C=N–C) groups is 1. The summed E-state index contributed by atoms with van der Waals surface area (Å²) >= 11 is 0. The molecule has 0 unspecified atom stereocenters. The van der Waals surface area contributed by atoms with Crippen LogP contribution in [0.1, 0.15) is 31.9 Å². The van der Waals surface area contributed by atoms with Gasteiger partial charge >= 0.3 is 0 Å². The summed E-state index contributed by atoms with van der Waals surface area (Å²) in [7, 11) is -3.73. The van der Waals surface area contributed by atoms with Gasteiger partial charge in [-0.15, -0.1) is 0 Å².